The summed E-state index contributed by atoms with van der Waals surface area (Å²) < 4.78 is 6.39. The minimum Gasteiger partial charge on any atom is -0.456 e. The molecule has 4 saturated carbocycles. The standard InChI is InChI=1S/C71H53NO/c1-2-15-47(16-3-1)48-29-33-52(34-30-48)72(53-35-31-49(32-36-53)55-17-4-5-18-56(55)59-22-14-28-68-69(59)60-21-8-13-27-67(60)73-68)54-37-38-65-66(44-54)70(50-40-45-39-46(42-50)43-51(70)41-45)63-25-11-12-26-64(63)71(65)61-23-9-6-19-57(61)58-20-7-10-24-62(58)71/h1-38,44-46,50-51H,39-43H2. The lowest BCUT2D eigenvalue weighted by atomic mass is 9.38. The summed E-state index contributed by atoms with van der Waals surface area (Å²) in [5.74, 6) is 2.89. The van der Waals surface area contributed by atoms with Gasteiger partial charge in [-0.1, -0.05) is 188 Å². The van der Waals surface area contributed by atoms with Gasteiger partial charge in [-0.05, 0) is 182 Å². The van der Waals surface area contributed by atoms with E-state index in [4.69, 9.17) is 4.42 Å². The normalized spacial score (nSPS) is 21.3. The molecule has 10 aromatic carbocycles. The molecule has 348 valence electrons. The molecule has 4 bridgehead atoms. The van der Waals surface area contributed by atoms with E-state index in [2.05, 4.69) is 241 Å². The first kappa shape index (κ1) is 41.4. The Morgan fingerprint density at radius 2 is 0.822 bits per heavy atom. The zero-order chi connectivity index (χ0) is 47.8. The average molecular weight is 936 g/mol. The van der Waals surface area contributed by atoms with Crippen molar-refractivity contribution in [1.82, 2.24) is 0 Å². The van der Waals surface area contributed by atoms with Crippen molar-refractivity contribution in [3.8, 4) is 44.5 Å². The van der Waals surface area contributed by atoms with Crippen LogP contribution in [0.4, 0.5) is 17.1 Å². The van der Waals surface area contributed by atoms with Crippen LogP contribution in [0.1, 0.15) is 65.5 Å². The predicted octanol–water partition coefficient (Wildman–Crippen LogP) is 18.5. The predicted molar refractivity (Wildman–Crippen MR) is 300 cm³/mol. The maximum atomic E-state index is 6.39. The highest BCUT2D eigenvalue weighted by molar-refractivity contribution is 6.13. The van der Waals surface area contributed by atoms with Gasteiger partial charge in [0.2, 0.25) is 0 Å². The van der Waals surface area contributed by atoms with Gasteiger partial charge in [0, 0.05) is 33.2 Å². The highest BCUT2D eigenvalue weighted by Gasteiger charge is 2.64. The van der Waals surface area contributed by atoms with Crippen molar-refractivity contribution in [1.29, 1.82) is 0 Å². The van der Waals surface area contributed by atoms with Crippen molar-refractivity contribution in [3.63, 3.8) is 0 Å². The Morgan fingerprint density at radius 3 is 1.51 bits per heavy atom. The van der Waals surface area contributed by atoms with Gasteiger partial charge in [-0.2, -0.15) is 0 Å². The van der Waals surface area contributed by atoms with E-state index in [0.717, 1.165) is 45.1 Å². The smallest absolute Gasteiger partial charge is 0.136 e. The zero-order valence-electron chi connectivity index (χ0n) is 40.7. The van der Waals surface area contributed by atoms with Crippen LogP contribution in [-0.4, -0.2) is 0 Å². The Balaban J connectivity index is 0.908. The molecule has 0 radical (unpaired) electrons. The minimum absolute atomic E-state index is 0.0767. The summed E-state index contributed by atoms with van der Waals surface area (Å²) in [6, 6.07) is 89.3. The van der Waals surface area contributed by atoms with Gasteiger partial charge in [-0.15, -0.1) is 0 Å². The highest BCUT2D eigenvalue weighted by Crippen LogP contribution is 2.72. The molecule has 73 heavy (non-hydrogen) atoms. The van der Waals surface area contributed by atoms with E-state index in [-0.39, 0.29) is 5.41 Å². The second kappa shape index (κ2) is 15.6. The van der Waals surface area contributed by atoms with E-state index in [1.54, 1.807) is 11.1 Å². The fourth-order valence-electron chi connectivity index (χ4n) is 16.1. The van der Waals surface area contributed by atoms with E-state index in [0.29, 0.717) is 11.8 Å². The zero-order valence-corrected chi connectivity index (χ0v) is 40.7. The summed E-state index contributed by atoms with van der Waals surface area (Å²) in [6.07, 6.45) is 6.72. The van der Waals surface area contributed by atoms with E-state index >= 15 is 0 Å². The van der Waals surface area contributed by atoms with Gasteiger partial charge in [-0.3, -0.25) is 0 Å². The summed E-state index contributed by atoms with van der Waals surface area (Å²) in [5.41, 5.74) is 23.7. The number of hydrogen-bond donors (Lipinski definition) is 0. The number of fused-ring (bicyclic) bond motifs is 12. The monoisotopic (exact) mass is 935 g/mol. The summed E-state index contributed by atoms with van der Waals surface area (Å²) >= 11 is 0. The molecular weight excluding hydrogens is 883 g/mol. The molecule has 0 unspecified atom stereocenters. The van der Waals surface area contributed by atoms with Crippen LogP contribution in [0.5, 0.6) is 0 Å². The lowest BCUT2D eigenvalue weighted by molar-refractivity contribution is -0.0440. The highest BCUT2D eigenvalue weighted by atomic mass is 16.3. The van der Waals surface area contributed by atoms with Crippen LogP contribution in [0.15, 0.2) is 241 Å². The number of benzene rings is 10. The number of rotatable bonds is 6. The Hall–Kier alpha value is -8.20. The van der Waals surface area contributed by atoms with Gasteiger partial charge in [0.15, 0.2) is 0 Å². The number of para-hydroxylation sites is 1. The van der Waals surface area contributed by atoms with Crippen LogP contribution in [-0.2, 0) is 10.8 Å². The number of hydrogen-bond acceptors (Lipinski definition) is 2. The Kier molecular flexibility index (Phi) is 8.88. The first-order chi connectivity index (χ1) is 36.2. The SMILES string of the molecule is c1ccc(-c2ccc(N(c3ccc(-c4ccccc4-c4cccc5oc6ccccc6c45)cc3)c3ccc4c(c3)C3(c5ccccc5C45c4ccccc4-c4ccccc45)C4CC5CC(C4)CC3C5)cc2)cc1. The molecule has 2 nitrogen and oxygen atoms in total. The Morgan fingerprint density at radius 1 is 0.329 bits per heavy atom. The van der Waals surface area contributed by atoms with Gasteiger partial charge < -0.3 is 9.32 Å². The fraction of sp³-hybridized carbons (Fsp3) is 0.155. The van der Waals surface area contributed by atoms with Crippen LogP contribution in [0.25, 0.3) is 66.4 Å². The van der Waals surface area contributed by atoms with Crippen LogP contribution >= 0.6 is 0 Å². The molecule has 4 fully saturated rings. The lowest BCUT2D eigenvalue weighted by Crippen LogP contribution is -2.59. The van der Waals surface area contributed by atoms with Crippen LogP contribution in [0.2, 0.25) is 0 Å². The quantitative estimate of drug-likeness (QED) is 0.165. The molecule has 0 N–H and O–H groups in total. The van der Waals surface area contributed by atoms with Crippen LogP contribution < -0.4 is 4.90 Å². The van der Waals surface area contributed by atoms with E-state index in [1.807, 2.05) is 0 Å². The second-order valence-corrected chi connectivity index (χ2v) is 21.9. The van der Waals surface area contributed by atoms with Crippen molar-refractivity contribution in [2.75, 3.05) is 4.90 Å². The molecule has 0 saturated heterocycles. The van der Waals surface area contributed by atoms with Crippen molar-refractivity contribution < 1.29 is 4.42 Å². The number of anilines is 3. The molecule has 17 rings (SSSR count). The summed E-state index contributed by atoms with van der Waals surface area (Å²) in [5, 5.41) is 2.30. The molecule has 0 amide bonds. The minimum atomic E-state index is -0.429. The molecule has 0 atom stereocenters. The van der Waals surface area contributed by atoms with E-state index in [9.17, 15) is 0 Å². The maximum Gasteiger partial charge on any atom is 0.136 e. The van der Waals surface area contributed by atoms with Gasteiger partial charge >= 0.3 is 0 Å². The third-order valence-electron chi connectivity index (χ3n) is 18.6. The summed E-state index contributed by atoms with van der Waals surface area (Å²) in [7, 11) is 0. The van der Waals surface area contributed by atoms with Crippen molar-refractivity contribution in [3.05, 3.63) is 270 Å². The number of furan rings is 1. The van der Waals surface area contributed by atoms with E-state index in [1.165, 1.54) is 105 Å². The first-order valence-electron chi connectivity index (χ1n) is 26.7. The first-order valence-corrected chi connectivity index (χ1v) is 26.7. The topological polar surface area (TPSA) is 16.4 Å². The largest absolute Gasteiger partial charge is 0.456 e. The van der Waals surface area contributed by atoms with Gasteiger partial charge in [0.25, 0.3) is 0 Å². The third-order valence-corrected chi connectivity index (χ3v) is 18.6. The lowest BCUT2D eigenvalue weighted by Gasteiger charge is -2.65. The van der Waals surface area contributed by atoms with Crippen molar-refractivity contribution in [2.45, 2.75) is 42.9 Å². The molecular formula is C71H53NO. The maximum absolute atomic E-state index is 6.39. The van der Waals surface area contributed by atoms with Crippen LogP contribution in [0.3, 0.4) is 0 Å². The second-order valence-electron chi connectivity index (χ2n) is 21.9. The van der Waals surface area contributed by atoms with Gasteiger partial charge in [0.05, 0.1) is 5.41 Å². The molecule has 2 heteroatoms. The van der Waals surface area contributed by atoms with Gasteiger partial charge in [-0.25, -0.2) is 0 Å². The molecule has 6 aliphatic carbocycles. The van der Waals surface area contributed by atoms with Crippen molar-refractivity contribution in [2.24, 2.45) is 23.7 Å². The number of nitrogens with zero attached hydrogens (tertiary/aromatic N) is 1. The van der Waals surface area contributed by atoms with Gasteiger partial charge in [0.1, 0.15) is 11.2 Å². The van der Waals surface area contributed by atoms with Crippen LogP contribution in [0, 0.1) is 23.7 Å². The molecule has 1 aromatic heterocycles. The Labute approximate surface area is 427 Å². The molecule has 1 heterocycles. The average Bonchev–Trinajstić information content (AvgIpc) is 3.98. The molecule has 2 spiro atoms. The molecule has 6 aliphatic rings. The molecule has 0 aliphatic heterocycles. The van der Waals surface area contributed by atoms with E-state index < -0.39 is 5.41 Å². The summed E-state index contributed by atoms with van der Waals surface area (Å²) in [4.78, 5) is 2.54. The third kappa shape index (κ3) is 5.75. The molecule has 11 aromatic rings. The van der Waals surface area contributed by atoms with Crippen molar-refractivity contribution >= 4 is 39.0 Å². The summed E-state index contributed by atoms with van der Waals surface area (Å²) in [6.45, 7) is 0. The Bertz CT molecular complexity index is 3920. The fourth-order valence-corrected chi connectivity index (χ4v) is 16.1.